The van der Waals surface area contributed by atoms with Crippen LogP contribution in [-0.2, 0) is 49.3 Å². The molecule has 14 nitrogen and oxygen atoms in total. The topological polar surface area (TPSA) is 181 Å². The average molecular weight is 580 g/mol. The second kappa shape index (κ2) is 13.0. The Morgan fingerprint density at radius 2 is 1.46 bits per heavy atom. The number of carbonyl (C=O) groups excluding carboxylic acids is 4. The van der Waals surface area contributed by atoms with Crippen molar-refractivity contribution in [2.75, 3.05) is 6.61 Å². The third-order valence-corrected chi connectivity index (χ3v) is 7.59. The highest BCUT2D eigenvalue weighted by molar-refractivity contribution is 5.68. The van der Waals surface area contributed by atoms with Gasteiger partial charge >= 0.3 is 29.6 Å². The monoisotopic (exact) mass is 579 g/mol. The quantitative estimate of drug-likeness (QED) is 0.325. The molecule has 0 radical (unpaired) electrons. The van der Waals surface area contributed by atoms with Crippen LogP contribution in [0.25, 0.3) is 0 Å². The van der Waals surface area contributed by atoms with E-state index in [0.29, 0.717) is 24.1 Å². The number of H-pyrrole nitrogens is 1. The molecule has 41 heavy (non-hydrogen) atoms. The minimum Gasteiger partial charge on any atom is -0.463 e. The Bertz CT molecular complexity index is 1280. The van der Waals surface area contributed by atoms with Crippen LogP contribution < -0.4 is 16.6 Å². The number of hydrogen-bond acceptors (Lipinski definition) is 12. The van der Waals surface area contributed by atoms with Gasteiger partial charge in [-0.05, 0) is 25.7 Å². The molecule has 4 rings (SSSR count). The zero-order valence-corrected chi connectivity index (χ0v) is 23.6. The summed E-state index contributed by atoms with van der Waals surface area (Å²) in [6.07, 6.45) is -0.843. The number of nitrogens with zero attached hydrogens (tertiary/aromatic N) is 1. The molecule has 1 aromatic heterocycles. The van der Waals surface area contributed by atoms with Crippen LogP contribution in [0.5, 0.6) is 0 Å². The van der Waals surface area contributed by atoms with E-state index in [-0.39, 0.29) is 18.2 Å². The third kappa shape index (κ3) is 7.04. The summed E-state index contributed by atoms with van der Waals surface area (Å²) < 4.78 is 28.9. The molecule has 1 saturated heterocycles. The Morgan fingerprint density at radius 3 is 2.07 bits per heavy atom. The van der Waals surface area contributed by atoms with Crippen molar-refractivity contribution in [1.82, 2.24) is 14.9 Å². The lowest BCUT2D eigenvalue weighted by Crippen LogP contribution is -2.65. The summed E-state index contributed by atoms with van der Waals surface area (Å²) in [6, 6.07) is -0.732. The van der Waals surface area contributed by atoms with Gasteiger partial charge in [-0.1, -0.05) is 19.3 Å². The van der Waals surface area contributed by atoms with E-state index in [2.05, 4.69) is 10.3 Å². The van der Waals surface area contributed by atoms with Crippen LogP contribution in [0.2, 0.25) is 0 Å². The predicted molar refractivity (Wildman–Crippen MR) is 140 cm³/mol. The first kappa shape index (κ1) is 30.4. The molecule has 0 spiro atoms. The van der Waals surface area contributed by atoms with E-state index in [0.717, 1.165) is 52.9 Å². The molecule has 1 aliphatic heterocycles. The minimum absolute atomic E-state index is 0.142. The molecule has 14 heteroatoms. The Balaban J connectivity index is 1.68. The van der Waals surface area contributed by atoms with Gasteiger partial charge in [0.15, 0.2) is 24.5 Å². The molecule has 6 atom stereocenters. The van der Waals surface area contributed by atoms with Crippen LogP contribution in [0.15, 0.2) is 9.59 Å². The van der Waals surface area contributed by atoms with E-state index >= 15 is 0 Å². The zero-order valence-electron chi connectivity index (χ0n) is 23.6. The molecule has 226 valence electrons. The molecular formula is C27H37N3O11. The molecular weight excluding hydrogens is 542 g/mol. The van der Waals surface area contributed by atoms with Gasteiger partial charge in [0.25, 0.3) is 5.56 Å². The van der Waals surface area contributed by atoms with Crippen molar-refractivity contribution in [3.63, 3.8) is 0 Å². The fourth-order valence-electron chi connectivity index (χ4n) is 5.97. The zero-order chi connectivity index (χ0) is 29.8. The number of ether oxygens (including phenoxy) is 5. The van der Waals surface area contributed by atoms with E-state index < -0.39 is 66.3 Å². The van der Waals surface area contributed by atoms with E-state index in [9.17, 15) is 28.8 Å². The van der Waals surface area contributed by atoms with Gasteiger partial charge in [0.05, 0.1) is 6.04 Å². The van der Waals surface area contributed by atoms with Gasteiger partial charge in [0.2, 0.25) is 0 Å². The number of nitrogens with one attached hydrogen (secondary N) is 2. The maximum Gasteiger partial charge on any atom is 0.328 e. The third-order valence-electron chi connectivity index (χ3n) is 7.59. The van der Waals surface area contributed by atoms with Crippen LogP contribution in [-0.4, -0.2) is 70.7 Å². The van der Waals surface area contributed by atoms with Gasteiger partial charge in [-0.15, -0.1) is 0 Å². The molecule has 2 fully saturated rings. The van der Waals surface area contributed by atoms with E-state index in [4.69, 9.17) is 23.7 Å². The largest absolute Gasteiger partial charge is 0.463 e. The number of aromatic nitrogens is 2. The van der Waals surface area contributed by atoms with Gasteiger partial charge in [-0.25, -0.2) is 4.79 Å². The van der Waals surface area contributed by atoms with Crippen molar-refractivity contribution in [1.29, 1.82) is 0 Å². The molecule has 2 aliphatic carbocycles. The Hall–Kier alpha value is -3.52. The van der Waals surface area contributed by atoms with Crippen LogP contribution in [0.3, 0.4) is 0 Å². The first-order valence-electron chi connectivity index (χ1n) is 13.9. The summed E-state index contributed by atoms with van der Waals surface area (Å²) in [6.45, 7) is 4.27. The lowest BCUT2D eigenvalue weighted by atomic mass is 9.95. The Morgan fingerprint density at radius 1 is 0.854 bits per heavy atom. The number of rotatable bonds is 8. The van der Waals surface area contributed by atoms with Crippen LogP contribution in [0.4, 0.5) is 0 Å². The van der Waals surface area contributed by atoms with Gasteiger partial charge in [-0.2, -0.15) is 0 Å². The Kier molecular flexibility index (Phi) is 9.64. The SMILES string of the molecule is CC(=O)OCC1OC(NC2CCc3c2[nH]c(=O)n(C2CCCCC2)c3=O)C(OC(C)=O)C(OC(C)=O)C1OC(C)=O. The predicted octanol–water partition coefficient (Wildman–Crippen LogP) is 0.702. The fraction of sp³-hybridized carbons (Fsp3) is 0.704. The lowest BCUT2D eigenvalue weighted by Gasteiger charge is -2.45. The second-order valence-corrected chi connectivity index (χ2v) is 10.7. The maximum atomic E-state index is 13.4. The number of esters is 4. The fourth-order valence-corrected chi connectivity index (χ4v) is 5.97. The number of hydrogen-bond donors (Lipinski definition) is 2. The number of aromatic amines is 1. The highest BCUT2D eigenvalue weighted by Gasteiger charge is 2.53. The van der Waals surface area contributed by atoms with Crippen molar-refractivity contribution in [2.45, 2.75) is 115 Å². The molecule has 2 N–H and O–H groups in total. The van der Waals surface area contributed by atoms with Crippen LogP contribution in [0.1, 0.15) is 89.6 Å². The molecule has 0 bridgehead atoms. The second-order valence-electron chi connectivity index (χ2n) is 10.7. The summed E-state index contributed by atoms with van der Waals surface area (Å²) in [5.41, 5.74) is 0.0793. The number of carbonyl (C=O) groups is 4. The van der Waals surface area contributed by atoms with Gasteiger partial charge < -0.3 is 28.7 Å². The summed E-state index contributed by atoms with van der Waals surface area (Å²) in [5, 5.41) is 3.19. The Labute approximate surface area is 236 Å². The molecule has 0 amide bonds. The normalized spacial score (nSPS) is 27.9. The van der Waals surface area contributed by atoms with Crippen molar-refractivity contribution < 1.29 is 42.9 Å². The molecule has 0 aromatic carbocycles. The summed E-state index contributed by atoms with van der Waals surface area (Å²) >= 11 is 0. The first-order valence-corrected chi connectivity index (χ1v) is 13.9. The maximum absolute atomic E-state index is 13.4. The molecule has 3 aliphatic rings. The summed E-state index contributed by atoms with van der Waals surface area (Å²) in [7, 11) is 0. The summed E-state index contributed by atoms with van der Waals surface area (Å²) in [5.74, 6) is -2.82. The highest BCUT2D eigenvalue weighted by atomic mass is 16.7. The standard InChI is InChI=1S/C27H37N3O11/c1-13(31)37-12-20-22(38-14(2)32)23(39-15(3)33)24(40-16(4)34)25(41-20)28-19-11-10-18-21(19)29-27(36)30(26(18)35)17-8-6-5-7-9-17/h17,19-20,22-25,28H,5-12H2,1-4H3,(H,29,36). The van der Waals surface area contributed by atoms with E-state index in [1.807, 2.05) is 0 Å². The van der Waals surface area contributed by atoms with Crippen molar-refractivity contribution in [2.24, 2.45) is 0 Å². The minimum atomic E-state index is -1.33. The van der Waals surface area contributed by atoms with Crippen molar-refractivity contribution >= 4 is 23.9 Å². The lowest BCUT2D eigenvalue weighted by molar-refractivity contribution is -0.259. The van der Waals surface area contributed by atoms with Crippen molar-refractivity contribution in [3.8, 4) is 0 Å². The van der Waals surface area contributed by atoms with Gasteiger partial charge in [0.1, 0.15) is 12.7 Å². The van der Waals surface area contributed by atoms with Crippen molar-refractivity contribution in [3.05, 3.63) is 32.1 Å². The van der Waals surface area contributed by atoms with Crippen LogP contribution >= 0.6 is 0 Å². The average Bonchev–Trinajstić information content (AvgIpc) is 3.28. The highest BCUT2D eigenvalue weighted by Crippen LogP contribution is 2.33. The molecule has 2 heterocycles. The first-order chi connectivity index (χ1) is 19.5. The van der Waals surface area contributed by atoms with E-state index in [1.165, 1.54) is 11.5 Å². The van der Waals surface area contributed by atoms with Gasteiger partial charge in [-0.3, -0.25) is 33.9 Å². The van der Waals surface area contributed by atoms with Gasteiger partial charge in [0, 0.05) is 45.0 Å². The summed E-state index contributed by atoms with van der Waals surface area (Å²) in [4.78, 5) is 77.1. The molecule has 1 aromatic rings. The van der Waals surface area contributed by atoms with E-state index in [1.54, 1.807) is 0 Å². The molecule has 1 saturated carbocycles. The molecule has 6 unspecified atom stereocenters. The number of fused-ring (bicyclic) bond motifs is 1. The smallest absolute Gasteiger partial charge is 0.328 e. The van der Waals surface area contributed by atoms with Crippen LogP contribution in [0, 0.1) is 0 Å².